The molecule has 0 radical (unpaired) electrons. The van der Waals surface area contributed by atoms with Crippen molar-refractivity contribution in [1.82, 2.24) is 4.90 Å². The van der Waals surface area contributed by atoms with E-state index < -0.39 is 10.8 Å². The van der Waals surface area contributed by atoms with Gasteiger partial charge in [-0.15, -0.1) is 0 Å². The number of amides is 1. The van der Waals surface area contributed by atoms with Crippen LogP contribution in [0.1, 0.15) is 11.1 Å². The van der Waals surface area contributed by atoms with Crippen molar-refractivity contribution in [1.29, 1.82) is 5.26 Å². The van der Waals surface area contributed by atoms with E-state index in [0.29, 0.717) is 26.2 Å². The maximum Gasteiger partial charge on any atom is 0.280 e. The molecular weight excluding hydrogens is 472 g/mol. The maximum absolute atomic E-state index is 13.1. The lowest BCUT2D eigenvalue weighted by Crippen LogP contribution is -2.49. The number of nitro benzene ring substituents is 1. The highest BCUT2D eigenvalue weighted by Gasteiger charge is 2.26. The summed E-state index contributed by atoms with van der Waals surface area (Å²) in [6, 6.07) is 23.9. The SMILES string of the molecule is COc1cc(/C=C(/C#N)C(=O)N2CCN(c3ccccc3)CC2)c([N+](=O)[O-])cc1OCc1ccccc1. The molecule has 0 atom stereocenters. The van der Waals surface area contributed by atoms with Gasteiger partial charge in [-0.25, -0.2) is 0 Å². The first kappa shape index (κ1) is 25.3. The normalized spacial score (nSPS) is 13.6. The molecule has 0 spiro atoms. The number of carbonyl (C=O) groups is 1. The molecule has 188 valence electrons. The second kappa shape index (κ2) is 11.7. The van der Waals surface area contributed by atoms with E-state index >= 15 is 0 Å². The van der Waals surface area contributed by atoms with Gasteiger partial charge in [0.25, 0.3) is 11.6 Å². The fourth-order valence-electron chi connectivity index (χ4n) is 4.12. The fourth-order valence-corrected chi connectivity index (χ4v) is 4.12. The number of hydrogen-bond acceptors (Lipinski definition) is 7. The van der Waals surface area contributed by atoms with Crippen LogP contribution in [0.4, 0.5) is 11.4 Å². The number of nitriles is 1. The highest BCUT2D eigenvalue weighted by molar-refractivity contribution is 6.02. The molecule has 0 saturated carbocycles. The van der Waals surface area contributed by atoms with Gasteiger partial charge in [-0.05, 0) is 29.8 Å². The average Bonchev–Trinajstić information content (AvgIpc) is 2.95. The van der Waals surface area contributed by atoms with Gasteiger partial charge in [0.15, 0.2) is 11.5 Å². The van der Waals surface area contributed by atoms with E-state index in [1.165, 1.54) is 25.3 Å². The minimum Gasteiger partial charge on any atom is -0.493 e. The number of carbonyl (C=O) groups excluding carboxylic acids is 1. The first-order valence-electron chi connectivity index (χ1n) is 11.7. The molecular formula is C28H26N4O5. The maximum atomic E-state index is 13.1. The quantitative estimate of drug-likeness (QED) is 0.195. The number of ether oxygens (including phenoxy) is 2. The third-order valence-electron chi connectivity index (χ3n) is 6.09. The molecule has 3 aromatic carbocycles. The lowest BCUT2D eigenvalue weighted by atomic mass is 10.1. The number of para-hydroxylation sites is 1. The summed E-state index contributed by atoms with van der Waals surface area (Å²) in [5.74, 6) is -0.0149. The Hall–Kier alpha value is -4.84. The third kappa shape index (κ3) is 6.05. The predicted octanol–water partition coefficient (Wildman–Crippen LogP) is 4.44. The smallest absolute Gasteiger partial charge is 0.280 e. The van der Waals surface area contributed by atoms with Crippen molar-refractivity contribution in [3.63, 3.8) is 0 Å². The second-order valence-corrected chi connectivity index (χ2v) is 8.38. The van der Waals surface area contributed by atoms with Gasteiger partial charge in [0.1, 0.15) is 18.2 Å². The summed E-state index contributed by atoms with van der Waals surface area (Å²) in [5.41, 5.74) is 1.57. The van der Waals surface area contributed by atoms with Gasteiger partial charge in [0.2, 0.25) is 0 Å². The van der Waals surface area contributed by atoms with Gasteiger partial charge in [-0.3, -0.25) is 14.9 Å². The van der Waals surface area contributed by atoms with E-state index in [2.05, 4.69) is 4.90 Å². The van der Waals surface area contributed by atoms with Crippen LogP contribution >= 0.6 is 0 Å². The van der Waals surface area contributed by atoms with Crippen molar-refractivity contribution in [2.75, 3.05) is 38.2 Å². The first-order valence-corrected chi connectivity index (χ1v) is 11.7. The van der Waals surface area contributed by atoms with Gasteiger partial charge < -0.3 is 19.3 Å². The Bertz CT molecular complexity index is 1330. The molecule has 1 aliphatic heterocycles. The van der Waals surface area contributed by atoms with Crippen molar-refractivity contribution in [3.8, 4) is 17.6 Å². The zero-order valence-electron chi connectivity index (χ0n) is 20.4. The molecule has 9 nitrogen and oxygen atoms in total. The number of rotatable bonds is 8. The number of nitro groups is 1. The molecule has 0 bridgehead atoms. The van der Waals surface area contributed by atoms with Crippen molar-refractivity contribution < 1.29 is 19.2 Å². The summed E-state index contributed by atoms with van der Waals surface area (Å²) in [6.07, 6.45) is 1.24. The minimum atomic E-state index is -0.571. The van der Waals surface area contributed by atoms with Crippen molar-refractivity contribution in [3.05, 3.63) is 99.6 Å². The van der Waals surface area contributed by atoms with Crippen LogP contribution in [0.5, 0.6) is 11.5 Å². The van der Waals surface area contributed by atoms with E-state index in [-0.39, 0.29) is 34.9 Å². The molecule has 1 amide bonds. The lowest BCUT2D eigenvalue weighted by Gasteiger charge is -2.36. The van der Waals surface area contributed by atoms with E-state index in [1.54, 1.807) is 4.90 Å². The number of nitrogens with zero attached hydrogens (tertiary/aromatic N) is 4. The monoisotopic (exact) mass is 498 g/mol. The van der Waals surface area contributed by atoms with Gasteiger partial charge in [-0.1, -0.05) is 48.5 Å². The summed E-state index contributed by atoms with van der Waals surface area (Å²) in [6.45, 7) is 2.31. The summed E-state index contributed by atoms with van der Waals surface area (Å²) in [5, 5.41) is 21.6. The number of methoxy groups -OCH3 is 1. The molecule has 4 rings (SSSR count). The molecule has 0 unspecified atom stereocenters. The molecule has 1 saturated heterocycles. The van der Waals surface area contributed by atoms with Gasteiger partial charge in [0.05, 0.1) is 23.7 Å². The zero-order valence-corrected chi connectivity index (χ0v) is 20.4. The summed E-state index contributed by atoms with van der Waals surface area (Å²) in [4.78, 5) is 28.2. The standard InChI is InChI=1S/C28H26N4O5/c1-36-26-17-22(25(32(34)35)18-27(26)37-20-21-8-4-2-5-9-21)16-23(19-29)28(33)31-14-12-30(13-15-31)24-10-6-3-7-11-24/h2-11,16-18H,12-15,20H2,1H3/b23-16-. The van der Waals surface area contributed by atoms with Crippen LogP contribution in [-0.4, -0.2) is 49.0 Å². The van der Waals surface area contributed by atoms with Crippen LogP contribution in [0.25, 0.3) is 6.08 Å². The van der Waals surface area contributed by atoms with Crippen molar-refractivity contribution in [2.45, 2.75) is 6.61 Å². The predicted molar refractivity (Wildman–Crippen MR) is 139 cm³/mol. The number of hydrogen-bond donors (Lipinski definition) is 0. The second-order valence-electron chi connectivity index (χ2n) is 8.38. The van der Waals surface area contributed by atoms with Crippen LogP contribution in [-0.2, 0) is 11.4 Å². The molecule has 3 aromatic rings. The molecule has 1 aliphatic rings. The Labute approximate surface area is 214 Å². The molecule has 37 heavy (non-hydrogen) atoms. The molecule has 1 heterocycles. The summed E-state index contributed by atoms with van der Waals surface area (Å²) < 4.78 is 11.2. The van der Waals surface area contributed by atoms with Crippen LogP contribution < -0.4 is 14.4 Å². The Balaban J connectivity index is 1.54. The average molecular weight is 499 g/mol. The summed E-state index contributed by atoms with van der Waals surface area (Å²) >= 11 is 0. The Morgan fingerprint density at radius 1 is 1.03 bits per heavy atom. The zero-order chi connectivity index (χ0) is 26.2. The van der Waals surface area contributed by atoms with Gasteiger partial charge in [0, 0.05) is 31.9 Å². The molecule has 9 heteroatoms. The van der Waals surface area contributed by atoms with E-state index in [1.807, 2.05) is 66.7 Å². The van der Waals surface area contributed by atoms with Gasteiger partial charge in [-0.2, -0.15) is 5.26 Å². The van der Waals surface area contributed by atoms with E-state index in [0.717, 1.165) is 11.3 Å². The van der Waals surface area contributed by atoms with Crippen LogP contribution in [0, 0.1) is 21.4 Å². The molecule has 0 aliphatic carbocycles. The Morgan fingerprint density at radius 2 is 1.68 bits per heavy atom. The molecule has 1 fully saturated rings. The van der Waals surface area contributed by atoms with Gasteiger partial charge >= 0.3 is 0 Å². The van der Waals surface area contributed by atoms with Crippen molar-refractivity contribution in [2.24, 2.45) is 0 Å². The van der Waals surface area contributed by atoms with E-state index in [4.69, 9.17) is 9.47 Å². The highest BCUT2D eigenvalue weighted by Crippen LogP contribution is 2.36. The Morgan fingerprint density at radius 3 is 2.27 bits per heavy atom. The largest absolute Gasteiger partial charge is 0.493 e. The Kier molecular flexibility index (Phi) is 8.01. The minimum absolute atomic E-state index is 0.0849. The number of anilines is 1. The molecule has 0 N–H and O–H groups in total. The lowest BCUT2D eigenvalue weighted by molar-refractivity contribution is -0.385. The highest BCUT2D eigenvalue weighted by atomic mass is 16.6. The van der Waals surface area contributed by atoms with Crippen molar-refractivity contribution >= 4 is 23.4 Å². The fraction of sp³-hybridized carbons (Fsp3) is 0.214. The third-order valence-corrected chi connectivity index (χ3v) is 6.09. The van der Waals surface area contributed by atoms with Crippen LogP contribution in [0.2, 0.25) is 0 Å². The molecule has 0 aromatic heterocycles. The topological polar surface area (TPSA) is 109 Å². The summed E-state index contributed by atoms with van der Waals surface area (Å²) in [7, 11) is 1.42. The first-order chi connectivity index (χ1) is 18.0. The number of piperazine rings is 1. The number of benzene rings is 3. The van der Waals surface area contributed by atoms with Crippen LogP contribution in [0.15, 0.2) is 78.4 Å². The van der Waals surface area contributed by atoms with E-state index in [9.17, 15) is 20.2 Å². The van der Waals surface area contributed by atoms with Crippen LogP contribution in [0.3, 0.4) is 0 Å².